The van der Waals surface area contributed by atoms with Gasteiger partial charge in [-0.1, -0.05) is 44.9 Å². The van der Waals surface area contributed by atoms with Gasteiger partial charge in [0, 0.05) is 0 Å². The van der Waals surface area contributed by atoms with Gasteiger partial charge in [0.25, 0.3) is 0 Å². The van der Waals surface area contributed by atoms with E-state index in [0.717, 1.165) is 48.6 Å². The lowest BCUT2D eigenvalue weighted by Crippen LogP contribution is -2.35. The molecule has 0 saturated heterocycles. The Hall–Kier alpha value is -0.0800. The summed E-state index contributed by atoms with van der Waals surface area (Å²) in [6, 6.07) is 0. The van der Waals surface area contributed by atoms with E-state index in [1.807, 2.05) is 0 Å². The van der Waals surface area contributed by atoms with Crippen molar-refractivity contribution in [3.05, 3.63) is 0 Å². The molecule has 3 unspecified atom stereocenters. The van der Waals surface area contributed by atoms with E-state index in [-0.39, 0.29) is 0 Å². The average Bonchev–Trinajstić information content (AvgIpc) is 2.90. The second kappa shape index (κ2) is 8.85. The molecule has 0 spiro atoms. The molecule has 4 aliphatic rings. The van der Waals surface area contributed by atoms with E-state index in [9.17, 15) is 0 Å². The zero-order chi connectivity index (χ0) is 16.1. The van der Waals surface area contributed by atoms with Crippen LogP contribution in [-0.4, -0.2) is 13.1 Å². The van der Waals surface area contributed by atoms with E-state index in [2.05, 4.69) is 0 Å². The molecule has 4 fully saturated rings. The zero-order valence-corrected chi connectivity index (χ0v) is 15.2. The number of fused-ring (bicyclic) bond motifs is 3. The van der Waals surface area contributed by atoms with Crippen LogP contribution >= 0.6 is 0 Å². The lowest BCUT2D eigenvalue weighted by atomic mass is 9.64. The molecule has 4 saturated carbocycles. The van der Waals surface area contributed by atoms with Crippen LogP contribution in [0.3, 0.4) is 0 Å². The predicted molar refractivity (Wildman–Crippen MR) is 99.1 cm³/mol. The van der Waals surface area contributed by atoms with Crippen LogP contribution < -0.4 is 11.5 Å². The van der Waals surface area contributed by atoms with Crippen LogP contribution in [0.5, 0.6) is 0 Å². The summed E-state index contributed by atoms with van der Waals surface area (Å²) in [5, 5.41) is 0. The number of hydrogen-bond donors (Lipinski definition) is 2. The summed E-state index contributed by atoms with van der Waals surface area (Å²) in [6.45, 7) is 1.80. The quantitative estimate of drug-likeness (QED) is 0.604. The lowest BCUT2D eigenvalue weighted by molar-refractivity contribution is 0.0903. The molecular formula is C21H40N2. The molecular weight excluding hydrogens is 280 g/mol. The Kier molecular flexibility index (Phi) is 6.83. The Morgan fingerprint density at radius 3 is 2.35 bits per heavy atom. The first kappa shape index (κ1) is 17.7. The highest BCUT2D eigenvalue weighted by atomic mass is 14.6. The fourth-order valence-electron chi connectivity index (χ4n) is 6.18. The van der Waals surface area contributed by atoms with Crippen molar-refractivity contribution < 1.29 is 0 Å². The molecule has 2 heteroatoms. The molecule has 0 amide bonds. The Bertz CT molecular complexity index is 331. The lowest BCUT2D eigenvalue weighted by Gasteiger charge is -2.41. The van der Waals surface area contributed by atoms with Gasteiger partial charge >= 0.3 is 0 Å². The van der Waals surface area contributed by atoms with Crippen molar-refractivity contribution in [2.45, 2.75) is 83.5 Å². The maximum atomic E-state index is 6.30. The third-order valence-electron chi connectivity index (χ3n) is 7.66. The number of nitrogens with two attached hydrogens (primary N) is 2. The van der Waals surface area contributed by atoms with Crippen molar-refractivity contribution >= 4 is 0 Å². The van der Waals surface area contributed by atoms with Crippen molar-refractivity contribution in [2.24, 2.45) is 47.0 Å². The molecule has 0 heterocycles. The van der Waals surface area contributed by atoms with E-state index >= 15 is 0 Å². The zero-order valence-electron chi connectivity index (χ0n) is 15.2. The molecule has 2 nitrogen and oxygen atoms in total. The van der Waals surface area contributed by atoms with Gasteiger partial charge < -0.3 is 11.5 Å². The van der Waals surface area contributed by atoms with Gasteiger partial charge in [-0.25, -0.2) is 0 Å². The molecule has 4 N–H and O–H groups in total. The van der Waals surface area contributed by atoms with Gasteiger partial charge in [-0.05, 0) is 87.1 Å². The molecule has 4 rings (SSSR count). The summed E-state index contributed by atoms with van der Waals surface area (Å²) >= 11 is 0. The van der Waals surface area contributed by atoms with Crippen molar-refractivity contribution in [3.63, 3.8) is 0 Å². The molecule has 23 heavy (non-hydrogen) atoms. The average molecular weight is 321 g/mol. The molecule has 2 bridgehead atoms. The third-order valence-corrected chi connectivity index (χ3v) is 7.66. The molecule has 0 aromatic rings. The summed E-state index contributed by atoms with van der Waals surface area (Å²) < 4.78 is 0. The fourth-order valence-corrected chi connectivity index (χ4v) is 6.18. The van der Waals surface area contributed by atoms with Crippen molar-refractivity contribution in [2.75, 3.05) is 13.1 Å². The van der Waals surface area contributed by atoms with E-state index < -0.39 is 0 Å². The fraction of sp³-hybridized carbons (Fsp3) is 1.00. The first-order valence-electron chi connectivity index (χ1n) is 10.7. The topological polar surface area (TPSA) is 52.0 Å². The first-order valence-corrected chi connectivity index (χ1v) is 10.7. The Morgan fingerprint density at radius 1 is 0.870 bits per heavy atom. The van der Waals surface area contributed by atoms with Crippen LogP contribution in [0.25, 0.3) is 0 Å². The molecule has 3 atom stereocenters. The molecule has 4 aliphatic carbocycles. The van der Waals surface area contributed by atoms with E-state index in [4.69, 9.17) is 11.5 Å². The molecule has 0 aromatic heterocycles. The number of rotatable bonds is 9. The monoisotopic (exact) mass is 320 g/mol. The van der Waals surface area contributed by atoms with Crippen LogP contribution in [0.4, 0.5) is 0 Å². The summed E-state index contributed by atoms with van der Waals surface area (Å²) in [5.41, 5.74) is 12.0. The standard InChI is InChI=1S/C21H40N2/c22-12-4-3-7-20-19-13-17(14-19)9-11-21(20)18(15-23)10-8-16-5-1-2-6-16/h16-21H,1-15,22-23H2. The van der Waals surface area contributed by atoms with Crippen LogP contribution in [0.15, 0.2) is 0 Å². The minimum absolute atomic E-state index is 0.804. The van der Waals surface area contributed by atoms with Gasteiger partial charge in [-0.2, -0.15) is 0 Å². The van der Waals surface area contributed by atoms with Gasteiger partial charge in [-0.3, -0.25) is 0 Å². The summed E-state index contributed by atoms with van der Waals surface area (Å²) in [4.78, 5) is 0. The SMILES string of the molecule is NCCCCC1C2CC(CCC1C(CN)CCC1CCCC1)C2. The van der Waals surface area contributed by atoms with Gasteiger partial charge in [0.15, 0.2) is 0 Å². The van der Waals surface area contributed by atoms with Crippen LogP contribution in [0.1, 0.15) is 83.5 Å². The Labute approximate surface area is 144 Å². The van der Waals surface area contributed by atoms with Crippen molar-refractivity contribution in [1.82, 2.24) is 0 Å². The van der Waals surface area contributed by atoms with Crippen LogP contribution in [0, 0.1) is 35.5 Å². The molecule has 0 aromatic carbocycles. The summed E-state index contributed by atoms with van der Waals surface area (Å²) in [6.07, 6.45) is 18.8. The maximum absolute atomic E-state index is 6.30. The van der Waals surface area contributed by atoms with Crippen molar-refractivity contribution in [3.8, 4) is 0 Å². The highest BCUT2D eigenvalue weighted by Gasteiger charge is 2.43. The van der Waals surface area contributed by atoms with Crippen LogP contribution in [-0.2, 0) is 0 Å². The van der Waals surface area contributed by atoms with Gasteiger partial charge in [0.1, 0.15) is 0 Å². The smallest absolute Gasteiger partial charge is 0.00461 e. The molecule has 134 valence electrons. The largest absolute Gasteiger partial charge is 0.330 e. The van der Waals surface area contributed by atoms with Gasteiger partial charge in [0.05, 0.1) is 0 Å². The highest BCUT2D eigenvalue weighted by molar-refractivity contribution is 4.94. The number of hydrogen-bond acceptors (Lipinski definition) is 2. The predicted octanol–water partition coefficient (Wildman–Crippen LogP) is 4.71. The molecule has 0 aliphatic heterocycles. The minimum atomic E-state index is 0.804. The number of unbranched alkanes of at least 4 members (excludes halogenated alkanes) is 1. The Morgan fingerprint density at radius 2 is 1.65 bits per heavy atom. The summed E-state index contributed by atoms with van der Waals surface area (Å²) in [5.74, 6) is 5.83. The second-order valence-electron chi connectivity index (χ2n) is 9.01. The van der Waals surface area contributed by atoms with E-state index in [1.54, 1.807) is 0 Å². The summed E-state index contributed by atoms with van der Waals surface area (Å²) in [7, 11) is 0. The minimum Gasteiger partial charge on any atom is -0.330 e. The van der Waals surface area contributed by atoms with Gasteiger partial charge in [0.2, 0.25) is 0 Å². The van der Waals surface area contributed by atoms with E-state index in [1.165, 1.54) is 83.5 Å². The normalized spacial score (nSPS) is 35.7. The van der Waals surface area contributed by atoms with Crippen molar-refractivity contribution in [1.29, 1.82) is 0 Å². The first-order chi connectivity index (χ1) is 11.3. The highest BCUT2D eigenvalue weighted by Crippen LogP contribution is 2.53. The third kappa shape index (κ3) is 4.51. The maximum Gasteiger partial charge on any atom is -0.00461 e. The Balaban J connectivity index is 1.57. The second-order valence-corrected chi connectivity index (χ2v) is 9.01. The van der Waals surface area contributed by atoms with Gasteiger partial charge in [-0.15, -0.1) is 0 Å². The van der Waals surface area contributed by atoms with E-state index in [0.29, 0.717) is 0 Å². The van der Waals surface area contributed by atoms with Crippen LogP contribution in [0.2, 0.25) is 0 Å². The molecule has 0 radical (unpaired) electrons.